The summed E-state index contributed by atoms with van der Waals surface area (Å²) in [7, 11) is 4.48. The zero-order chi connectivity index (χ0) is 24.6. The van der Waals surface area contributed by atoms with E-state index in [1.807, 2.05) is 36.0 Å². The summed E-state index contributed by atoms with van der Waals surface area (Å²) >= 11 is 0. The van der Waals surface area contributed by atoms with Gasteiger partial charge in [-0.05, 0) is 49.2 Å². The lowest BCUT2D eigenvalue weighted by Crippen LogP contribution is -2.25. The van der Waals surface area contributed by atoms with E-state index < -0.39 is 16.5 Å². The third-order valence-electron chi connectivity index (χ3n) is 5.38. The Morgan fingerprint density at radius 3 is 1.70 bits per heavy atom. The van der Waals surface area contributed by atoms with E-state index in [1.165, 1.54) is 16.7 Å². The monoisotopic (exact) mass is 475 g/mol. The highest BCUT2D eigenvalue weighted by molar-refractivity contribution is 7.69. The summed E-state index contributed by atoms with van der Waals surface area (Å²) in [6.45, 7) is 4.16. The Morgan fingerprint density at radius 2 is 1.30 bits per heavy atom. The summed E-state index contributed by atoms with van der Waals surface area (Å²) < 4.78 is 36.0. The van der Waals surface area contributed by atoms with Crippen molar-refractivity contribution >= 4 is 10.9 Å². The SMILES string of the molecule is COc1ccc(Cc2nn(C)c(C(C)(C)OC)c2Cc2ccc(OC)cc2)cc1.N[SH](=O)=O. The van der Waals surface area contributed by atoms with Gasteiger partial charge in [-0.25, -0.2) is 13.6 Å². The van der Waals surface area contributed by atoms with Gasteiger partial charge in [0.15, 0.2) is 10.9 Å². The zero-order valence-electron chi connectivity index (χ0n) is 20.0. The summed E-state index contributed by atoms with van der Waals surface area (Å²) in [5.41, 5.74) is 5.33. The van der Waals surface area contributed by atoms with Crippen LogP contribution in [0.15, 0.2) is 48.5 Å². The van der Waals surface area contributed by atoms with Crippen molar-refractivity contribution in [1.29, 1.82) is 0 Å². The average Bonchev–Trinajstić information content (AvgIpc) is 3.09. The first-order valence-corrected chi connectivity index (χ1v) is 11.6. The van der Waals surface area contributed by atoms with E-state index in [1.54, 1.807) is 21.3 Å². The molecule has 0 aliphatic rings. The first-order chi connectivity index (χ1) is 15.6. The molecule has 0 unspecified atom stereocenters. The van der Waals surface area contributed by atoms with Gasteiger partial charge in [-0.1, -0.05) is 24.3 Å². The molecule has 1 aromatic heterocycles. The molecule has 33 heavy (non-hydrogen) atoms. The van der Waals surface area contributed by atoms with Crippen molar-refractivity contribution in [2.75, 3.05) is 21.3 Å². The Hall–Kier alpha value is -2.88. The van der Waals surface area contributed by atoms with E-state index in [-0.39, 0.29) is 0 Å². The van der Waals surface area contributed by atoms with Crippen molar-refractivity contribution in [1.82, 2.24) is 9.78 Å². The molecule has 3 rings (SSSR count). The second kappa shape index (κ2) is 11.8. The molecule has 0 saturated carbocycles. The summed E-state index contributed by atoms with van der Waals surface area (Å²) in [6, 6.07) is 16.4. The molecule has 1 heterocycles. The average molecular weight is 476 g/mol. The maximum atomic E-state index is 8.81. The summed E-state index contributed by atoms with van der Waals surface area (Å²) in [5.74, 6) is 1.71. The maximum absolute atomic E-state index is 8.81. The molecule has 2 aromatic carbocycles. The fraction of sp³-hybridized carbons (Fsp3) is 0.375. The minimum atomic E-state index is -2.62. The Labute approximate surface area is 197 Å². The number of nitrogens with zero attached hydrogens (tertiary/aromatic N) is 2. The topological polar surface area (TPSA) is 106 Å². The number of thiol groups is 1. The second-order valence-corrected chi connectivity index (χ2v) is 8.52. The minimum Gasteiger partial charge on any atom is -0.497 e. The fourth-order valence-electron chi connectivity index (χ4n) is 3.69. The van der Waals surface area contributed by atoms with Crippen LogP contribution in [-0.2, 0) is 41.1 Å². The number of aromatic nitrogens is 2. The van der Waals surface area contributed by atoms with Crippen LogP contribution in [0.4, 0.5) is 0 Å². The predicted molar refractivity (Wildman–Crippen MR) is 129 cm³/mol. The number of nitrogens with two attached hydrogens (primary N) is 1. The lowest BCUT2D eigenvalue weighted by molar-refractivity contribution is 0.0117. The van der Waals surface area contributed by atoms with Crippen molar-refractivity contribution in [2.45, 2.75) is 32.3 Å². The molecular weight excluding hydrogens is 442 g/mol. The van der Waals surface area contributed by atoms with Crippen molar-refractivity contribution in [3.05, 3.63) is 76.6 Å². The molecule has 0 spiro atoms. The van der Waals surface area contributed by atoms with Crippen LogP contribution < -0.4 is 14.6 Å². The van der Waals surface area contributed by atoms with Crippen LogP contribution in [0, 0.1) is 0 Å². The molecule has 2 N–H and O–H groups in total. The van der Waals surface area contributed by atoms with Gasteiger partial charge in [-0.2, -0.15) is 5.10 Å². The number of ether oxygens (including phenoxy) is 3. The summed E-state index contributed by atoms with van der Waals surface area (Å²) in [4.78, 5) is 0. The van der Waals surface area contributed by atoms with E-state index in [0.717, 1.165) is 35.7 Å². The van der Waals surface area contributed by atoms with E-state index in [4.69, 9.17) is 27.7 Å². The van der Waals surface area contributed by atoms with E-state index in [2.05, 4.69) is 43.3 Å². The van der Waals surface area contributed by atoms with Crippen molar-refractivity contribution in [3.63, 3.8) is 0 Å². The zero-order valence-corrected chi connectivity index (χ0v) is 20.9. The molecule has 0 fully saturated rings. The van der Waals surface area contributed by atoms with Gasteiger partial charge in [-0.3, -0.25) is 4.68 Å². The van der Waals surface area contributed by atoms with Gasteiger partial charge in [0, 0.05) is 32.6 Å². The number of hydrogen-bond acceptors (Lipinski definition) is 6. The number of benzene rings is 2. The molecule has 8 nitrogen and oxygen atoms in total. The Morgan fingerprint density at radius 1 is 0.879 bits per heavy atom. The Balaban J connectivity index is 0.000000890. The number of aryl methyl sites for hydroxylation is 1. The Bertz CT molecular complexity index is 1100. The van der Waals surface area contributed by atoms with Crippen LogP contribution in [-0.4, -0.2) is 39.5 Å². The van der Waals surface area contributed by atoms with Gasteiger partial charge in [-0.15, -0.1) is 0 Å². The molecule has 0 aliphatic heterocycles. The van der Waals surface area contributed by atoms with Crippen LogP contribution in [0.1, 0.15) is 41.9 Å². The van der Waals surface area contributed by atoms with Gasteiger partial charge in [0.25, 0.3) is 0 Å². The normalized spacial score (nSPS) is 11.2. The minimum absolute atomic E-state index is 0.443. The lowest BCUT2D eigenvalue weighted by atomic mass is 9.92. The molecular formula is C24H33N3O5S. The van der Waals surface area contributed by atoms with Crippen molar-refractivity contribution in [2.24, 2.45) is 12.2 Å². The largest absolute Gasteiger partial charge is 0.497 e. The first kappa shape index (κ1) is 26.4. The molecule has 180 valence electrons. The number of methoxy groups -OCH3 is 3. The fourth-order valence-corrected chi connectivity index (χ4v) is 3.69. The summed E-state index contributed by atoms with van der Waals surface area (Å²) in [5, 5.41) is 8.94. The van der Waals surface area contributed by atoms with Gasteiger partial charge < -0.3 is 14.2 Å². The molecule has 0 radical (unpaired) electrons. The smallest absolute Gasteiger partial charge is 0.198 e. The highest BCUT2D eigenvalue weighted by atomic mass is 32.2. The molecule has 0 atom stereocenters. The Kier molecular flexibility index (Phi) is 9.45. The van der Waals surface area contributed by atoms with Gasteiger partial charge in [0.2, 0.25) is 0 Å². The first-order valence-electron chi connectivity index (χ1n) is 10.4. The van der Waals surface area contributed by atoms with Crippen LogP contribution in [0.3, 0.4) is 0 Å². The highest BCUT2D eigenvalue weighted by Crippen LogP contribution is 2.32. The van der Waals surface area contributed by atoms with Gasteiger partial charge in [0.05, 0.1) is 25.6 Å². The van der Waals surface area contributed by atoms with Crippen LogP contribution in [0.2, 0.25) is 0 Å². The third kappa shape index (κ3) is 7.31. The molecule has 0 saturated heterocycles. The van der Waals surface area contributed by atoms with Gasteiger partial charge in [0.1, 0.15) is 17.1 Å². The number of hydrogen-bond donors (Lipinski definition) is 2. The van der Waals surface area contributed by atoms with E-state index >= 15 is 0 Å². The number of rotatable bonds is 8. The lowest BCUT2D eigenvalue weighted by Gasteiger charge is -2.25. The second-order valence-electron chi connectivity index (χ2n) is 7.95. The third-order valence-corrected chi connectivity index (χ3v) is 5.38. The quantitative estimate of drug-likeness (QED) is 0.485. The molecule has 3 aromatic rings. The van der Waals surface area contributed by atoms with Crippen LogP contribution >= 0.6 is 0 Å². The van der Waals surface area contributed by atoms with E-state index in [9.17, 15) is 0 Å². The molecule has 0 bridgehead atoms. The summed E-state index contributed by atoms with van der Waals surface area (Å²) in [6.07, 6.45) is 1.54. The van der Waals surface area contributed by atoms with Crippen LogP contribution in [0.5, 0.6) is 11.5 Å². The molecule has 0 amide bonds. The molecule has 0 aliphatic carbocycles. The van der Waals surface area contributed by atoms with Crippen LogP contribution in [0.25, 0.3) is 0 Å². The van der Waals surface area contributed by atoms with Crippen molar-refractivity contribution < 1.29 is 22.6 Å². The van der Waals surface area contributed by atoms with Gasteiger partial charge >= 0.3 is 0 Å². The molecule has 9 heteroatoms. The maximum Gasteiger partial charge on any atom is 0.198 e. The highest BCUT2D eigenvalue weighted by Gasteiger charge is 2.30. The predicted octanol–water partition coefficient (Wildman–Crippen LogP) is 2.97. The van der Waals surface area contributed by atoms with Crippen molar-refractivity contribution in [3.8, 4) is 11.5 Å². The van der Waals surface area contributed by atoms with E-state index in [0.29, 0.717) is 0 Å². The standard InChI is InChI=1S/C24H30N2O3.H3NO2S/c1-24(2,29-6)23-21(15-17-7-11-19(27-4)12-8-17)22(25-26(23)3)16-18-9-13-20(28-5)14-10-18;1-4(2)3/h7-14H,15-16H2,1-6H3;4H,(H2,1,2,3).